The molecule has 0 spiro atoms. The maximum atomic E-state index is 12.9. The number of nitrogens with zero attached hydrogens (tertiary/aromatic N) is 1. The van der Waals surface area contributed by atoms with E-state index in [1.165, 1.54) is 0 Å². The molecule has 0 atom stereocenters. The highest BCUT2D eigenvalue weighted by atomic mass is 35.5. The maximum Gasteiger partial charge on any atom is 0.294 e. The topological polar surface area (TPSA) is 84.9 Å². The summed E-state index contributed by atoms with van der Waals surface area (Å²) in [7, 11) is 0. The van der Waals surface area contributed by atoms with Gasteiger partial charge in [0.05, 0.1) is 21.6 Å². The molecule has 0 radical (unpaired) electrons. The maximum absolute atomic E-state index is 12.9. The van der Waals surface area contributed by atoms with Crippen LogP contribution in [0.15, 0.2) is 71.6 Å². The molecule has 1 heterocycles. The van der Waals surface area contributed by atoms with Crippen LogP contribution in [0.25, 0.3) is 6.08 Å². The van der Waals surface area contributed by atoms with Crippen molar-refractivity contribution in [1.82, 2.24) is 4.90 Å². The molecule has 4 rings (SSSR count). The van der Waals surface area contributed by atoms with E-state index in [9.17, 15) is 14.4 Å². The predicted octanol–water partition coefficient (Wildman–Crippen LogP) is 6.65. The van der Waals surface area contributed by atoms with Gasteiger partial charge in [0.15, 0.2) is 0 Å². The molecule has 0 unspecified atom stereocenters. The van der Waals surface area contributed by atoms with E-state index < -0.39 is 23.6 Å². The Morgan fingerprint density at radius 3 is 2.49 bits per heavy atom. The smallest absolute Gasteiger partial charge is 0.294 e. The van der Waals surface area contributed by atoms with Crippen LogP contribution in [0.4, 0.5) is 10.5 Å². The van der Waals surface area contributed by atoms with Crippen molar-refractivity contribution < 1.29 is 23.9 Å². The van der Waals surface area contributed by atoms with Crippen molar-refractivity contribution in [3.63, 3.8) is 0 Å². The molecule has 0 aromatic heterocycles. The van der Waals surface area contributed by atoms with Crippen LogP contribution >= 0.6 is 35.0 Å². The van der Waals surface area contributed by atoms with E-state index in [0.29, 0.717) is 39.4 Å². The lowest BCUT2D eigenvalue weighted by Gasteiger charge is -2.13. The quantitative estimate of drug-likeness (QED) is 0.297. The van der Waals surface area contributed by atoms with Gasteiger partial charge >= 0.3 is 0 Å². The van der Waals surface area contributed by atoms with Crippen molar-refractivity contribution >= 4 is 63.8 Å². The zero-order chi connectivity index (χ0) is 26.4. The standard InChI is InChI=1S/C27H22Cl2N2O5S/c1-2-35-20-10-8-19(9-11-20)30-25(32)15-31-26(33)24(37-27(31)34)14-18-5-3-4-6-23(18)36-16-17-7-12-21(28)22(29)13-17/h3-14H,2,15-16H2,1H3,(H,30,32)/b24-14+. The zero-order valence-electron chi connectivity index (χ0n) is 19.7. The second-order valence-electron chi connectivity index (χ2n) is 7.85. The van der Waals surface area contributed by atoms with E-state index >= 15 is 0 Å². The van der Waals surface area contributed by atoms with Crippen molar-refractivity contribution in [2.45, 2.75) is 13.5 Å². The molecule has 3 aromatic rings. The minimum atomic E-state index is -0.545. The molecular formula is C27H22Cl2N2O5S. The van der Waals surface area contributed by atoms with Gasteiger partial charge in [-0.25, -0.2) is 0 Å². The van der Waals surface area contributed by atoms with Gasteiger partial charge in [0, 0.05) is 11.3 Å². The van der Waals surface area contributed by atoms with Crippen LogP contribution in [0.3, 0.4) is 0 Å². The highest BCUT2D eigenvalue weighted by Gasteiger charge is 2.36. The van der Waals surface area contributed by atoms with Gasteiger partial charge in [-0.2, -0.15) is 0 Å². The van der Waals surface area contributed by atoms with Gasteiger partial charge in [-0.1, -0.05) is 47.5 Å². The first-order valence-electron chi connectivity index (χ1n) is 11.3. The molecule has 1 fully saturated rings. The average Bonchev–Trinajstić information content (AvgIpc) is 3.14. The van der Waals surface area contributed by atoms with Crippen LogP contribution in [-0.4, -0.2) is 35.1 Å². The first-order valence-corrected chi connectivity index (χ1v) is 12.8. The number of imide groups is 1. The molecule has 0 aliphatic carbocycles. The van der Waals surface area contributed by atoms with Crippen LogP contribution in [0, 0.1) is 0 Å². The normalized spacial score (nSPS) is 14.2. The fourth-order valence-corrected chi connectivity index (χ4v) is 4.59. The second-order valence-corrected chi connectivity index (χ2v) is 9.66. The number of carbonyl (C=O) groups excluding carboxylic acids is 3. The van der Waals surface area contributed by atoms with Crippen molar-refractivity contribution in [1.29, 1.82) is 0 Å². The molecule has 7 nitrogen and oxygen atoms in total. The summed E-state index contributed by atoms with van der Waals surface area (Å²) in [6.45, 7) is 2.25. The molecule has 10 heteroatoms. The molecule has 0 bridgehead atoms. The molecule has 190 valence electrons. The number of halogens is 2. The van der Waals surface area contributed by atoms with Crippen molar-refractivity contribution in [3.8, 4) is 11.5 Å². The molecular weight excluding hydrogens is 535 g/mol. The summed E-state index contributed by atoms with van der Waals surface area (Å²) in [5, 5.41) is 3.05. The average molecular weight is 557 g/mol. The summed E-state index contributed by atoms with van der Waals surface area (Å²) < 4.78 is 11.3. The second kappa shape index (κ2) is 12.2. The molecule has 37 heavy (non-hydrogen) atoms. The fourth-order valence-electron chi connectivity index (χ4n) is 3.44. The Labute approximate surface area is 228 Å². The molecule has 1 saturated heterocycles. The number of amides is 3. The van der Waals surface area contributed by atoms with Gasteiger partial charge in [0.25, 0.3) is 11.1 Å². The van der Waals surface area contributed by atoms with Crippen LogP contribution < -0.4 is 14.8 Å². The summed E-state index contributed by atoms with van der Waals surface area (Å²) in [6.07, 6.45) is 1.58. The number of para-hydroxylation sites is 1. The van der Waals surface area contributed by atoms with Crippen molar-refractivity contribution in [3.05, 3.63) is 92.8 Å². The molecule has 1 N–H and O–H groups in total. The minimum Gasteiger partial charge on any atom is -0.494 e. The number of benzene rings is 3. The molecule has 0 saturated carbocycles. The number of hydrogen-bond donors (Lipinski definition) is 1. The highest BCUT2D eigenvalue weighted by Crippen LogP contribution is 2.34. The third-order valence-electron chi connectivity index (χ3n) is 5.21. The summed E-state index contributed by atoms with van der Waals surface area (Å²) in [5.41, 5.74) is 1.97. The Kier molecular flexibility index (Phi) is 8.76. The lowest BCUT2D eigenvalue weighted by Crippen LogP contribution is -2.36. The third kappa shape index (κ3) is 6.85. The monoisotopic (exact) mass is 556 g/mol. The van der Waals surface area contributed by atoms with Gasteiger partial charge in [0.1, 0.15) is 24.7 Å². The Hall–Kier alpha value is -3.46. The number of hydrogen-bond acceptors (Lipinski definition) is 6. The summed E-state index contributed by atoms with van der Waals surface area (Å²) >= 11 is 12.8. The van der Waals surface area contributed by atoms with E-state index in [1.807, 2.05) is 6.92 Å². The van der Waals surface area contributed by atoms with Gasteiger partial charge in [-0.05, 0) is 72.8 Å². The van der Waals surface area contributed by atoms with Crippen LogP contribution in [0.1, 0.15) is 18.1 Å². The molecule has 3 amide bonds. The predicted molar refractivity (Wildman–Crippen MR) is 146 cm³/mol. The van der Waals surface area contributed by atoms with E-state index in [2.05, 4.69) is 5.32 Å². The van der Waals surface area contributed by atoms with E-state index in [1.54, 1.807) is 72.8 Å². The first-order chi connectivity index (χ1) is 17.8. The van der Waals surface area contributed by atoms with Gasteiger partial charge < -0.3 is 14.8 Å². The number of thioether (sulfide) groups is 1. The Morgan fingerprint density at radius 2 is 1.76 bits per heavy atom. The van der Waals surface area contributed by atoms with E-state index in [0.717, 1.165) is 22.2 Å². The third-order valence-corrected chi connectivity index (χ3v) is 6.85. The minimum absolute atomic E-state index is 0.199. The van der Waals surface area contributed by atoms with Gasteiger partial charge in [-0.15, -0.1) is 0 Å². The number of nitrogens with one attached hydrogen (secondary N) is 1. The highest BCUT2D eigenvalue weighted by molar-refractivity contribution is 8.18. The van der Waals surface area contributed by atoms with E-state index in [-0.39, 0.29) is 11.5 Å². The fraction of sp³-hybridized carbons (Fsp3) is 0.148. The van der Waals surface area contributed by atoms with Crippen LogP contribution in [0.2, 0.25) is 10.0 Å². The lowest BCUT2D eigenvalue weighted by atomic mass is 10.1. The van der Waals surface area contributed by atoms with Crippen LogP contribution in [-0.2, 0) is 16.2 Å². The number of carbonyl (C=O) groups is 3. The Morgan fingerprint density at radius 1 is 1.00 bits per heavy atom. The molecule has 3 aromatic carbocycles. The Balaban J connectivity index is 1.41. The van der Waals surface area contributed by atoms with Crippen molar-refractivity contribution in [2.75, 3.05) is 18.5 Å². The van der Waals surface area contributed by atoms with E-state index in [4.69, 9.17) is 32.7 Å². The van der Waals surface area contributed by atoms with Crippen molar-refractivity contribution in [2.24, 2.45) is 0 Å². The summed E-state index contributed by atoms with van der Waals surface area (Å²) in [4.78, 5) is 39.1. The molecule has 1 aliphatic rings. The SMILES string of the molecule is CCOc1ccc(NC(=O)CN2C(=O)S/C(=C/c3ccccc3OCc3ccc(Cl)c(Cl)c3)C2=O)cc1. The lowest BCUT2D eigenvalue weighted by molar-refractivity contribution is -0.127. The number of ether oxygens (including phenoxy) is 2. The van der Waals surface area contributed by atoms with Gasteiger partial charge in [-0.3, -0.25) is 19.3 Å². The largest absolute Gasteiger partial charge is 0.494 e. The molecule has 1 aliphatic heterocycles. The first kappa shape index (κ1) is 26.6. The summed E-state index contributed by atoms with van der Waals surface area (Å²) in [5.74, 6) is 0.167. The number of rotatable bonds is 9. The zero-order valence-corrected chi connectivity index (χ0v) is 22.0. The summed E-state index contributed by atoms with van der Waals surface area (Å²) in [6, 6.07) is 19.2. The Bertz CT molecular complexity index is 1360. The number of anilines is 1. The van der Waals surface area contributed by atoms with Gasteiger partial charge in [0.2, 0.25) is 5.91 Å². The van der Waals surface area contributed by atoms with Crippen LogP contribution in [0.5, 0.6) is 11.5 Å².